The number of hydrogen-bond acceptors (Lipinski definition) is 14. The highest BCUT2D eigenvalue weighted by Crippen LogP contribution is 2.44. The van der Waals surface area contributed by atoms with Crippen LogP contribution in [0, 0.1) is 24.0 Å². The van der Waals surface area contributed by atoms with Crippen LogP contribution < -0.4 is 56.8 Å². The average molecular weight is 1740 g/mol. The van der Waals surface area contributed by atoms with Crippen LogP contribution in [-0.4, -0.2) is 31.4 Å². The fraction of sp³-hybridized carbons (Fsp3) is 0.518. The first kappa shape index (κ1) is 101. The third kappa shape index (κ3) is 41.7. The molecule has 9 rings (SSSR count). The Morgan fingerprint density at radius 2 is 0.402 bits per heavy atom. The largest absolute Gasteiger partial charge is 0.494 e. The molecule has 15 heteroatoms. The number of nitrogens with zero attached hydrogens (tertiary/aromatic N) is 1. The number of rotatable bonds is 73. The van der Waals surface area contributed by atoms with E-state index in [1.807, 2.05) is 121 Å². The van der Waals surface area contributed by atoms with Crippen molar-refractivity contribution in [3.63, 3.8) is 0 Å². The lowest BCUT2D eigenvalue weighted by atomic mass is 10.1. The molecule has 0 N–H and O–H groups in total. The van der Waals surface area contributed by atoms with Crippen LogP contribution in [0.5, 0.6) is 69.0 Å². The van der Waals surface area contributed by atoms with Gasteiger partial charge >= 0.3 is 0 Å². The van der Waals surface area contributed by atoms with Crippen molar-refractivity contribution in [1.82, 2.24) is 0 Å². The van der Waals surface area contributed by atoms with Gasteiger partial charge in [0.15, 0.2) is 23.0 Å². The Labute approximate surface area is 763 Å². The van der Waals surface area contributed by atoms with E-state index in [1.54, 1.807) is 6.07 Å². The van der Waals surface area contributed by atoms with Gasteiger partial charge in [-0.15, -0.1) is 0 Å². The van der Waals surface area contributed by atoms with Crippen molar-refractivity contribution < 1.29 is 61.8 Å². The standard InChI is InChI=1S/C112H153NO14/c1-7-11-15-19-23-27-31-35-39-43-71-116-101-63-55-94(56-64-101)84-124-109-77-98(75-107(122-82-92-51-47-90(5)48-52-92)111(109)126-86-96-59-67-103(68-60-96)118-73-45-41-37-33-29-25-21-17-13-9-3)88-120-105-79-100(113(114)115)80-106(81-105)121-89-99-76-108(123-83-93-53-49-91(6)50-54-93)112(127-87-97-61-69-104(70-62-97)119-74-46-42-38-34-30-26-22-18-14-10-4)110(78-99)125-85-95-57-65-102(66-58-95)117-72-44-40-36-32-28-24-20-16-12-8-2/h47-70,75-81H,7-46,71-74,82-89H2,1-6H3. The number of non-ortho nitro benzene ring substituents is 1. The maximum atomic E-state index is 13.0. The number of aryl methyl sites for hydroxylation is 2. The molecule has 9 aromatic rings. The normalized spacial score (nSPS) is 11.2. The minimum atomic E-state index is -0.446. The zero-order valence-corrected chi connectivity index (χ0v) is 78.3. The summed E-state index contributed by atoms with van der Waals surface area (Å²) in [5.74, 6) is 6.22. The maximum Gasteiger partial charge on any atom is 0.276 e. The second kappa shape index (κ2) is 62.2. The van der Waals surface area contributed by atoms with Crippen molar-refractivity contribution >= 4 is 5.69 Å². The fourth-order valence-electron chi connectivity index (χ4n) is 15.5. The minimum absolute atomic E-state index is 0.0415. The van der Waals surface area contributed by atoms with Gasteiger partial charge in [0.05, 0.1) is 43.5 Å². The van der Waals surface area contributed by atoms with Crippen molar-refractivity contribution in [1.29, 1.82) is 0 Å². The quantitative estimate of drug-likeness (QED) is 0.0202. The average Bonchev–Trinajstić information content (AvgIpc) is 0.813. The van der Waals surface area contributed by atoms with Gasteiger partial charge in [-0.25, -0.2) is 0 Å². The Morgan fingerprint density at radius 1 is 0.205 bits per heavy atom. The molecule has 0 radical (unpaired) electrons. The second-order valence-electron chi connectivity index (χ2n) is 34.7. The first-order chi connectivity index (χ1) is 62.5. The highest BCUT2D eigenvalue weighted by atomic mass is 16.6. The van der Waals surface area contributed by atoms with E-state index in [4.69, 9.17) is 56.8 Å². The number of unbranched alkanes of at least 4 members (excludes halogenated alkanes) is 36. The second-order valence-corrected chi connectivity index (χ2v) is 34.7. The van der Waals surface area contributed by atoms with Crippen LogP contribution in [0.15, 0.2) is 188 Å². The molecule has 15 nitrogen and oxygen atoms in total. The Bertz CT molecular complexity index is 4110. The van der Waals surface area contributed by atoms with Crippen molar-refractivity contribution in [3.05, 3.63) is 254 Å². The summed E-state index contributed by atoms with van der Waals surface area (Å²) in [6.45, 7) is 17.1. The molecule has 0 aliphatic carbocycles. The summed E-state index contributed by atoms with van der Waals surface area (Å²) in [7, 11) is 0. The highest BCUT2D eigenvalue weighted by molar-refractivity contribution is 5.56. The van der Waals surface area contributed by atoms with E-state index in [0.717, 1.165) is 119 Å². The van der Waals surface area contributed by atoms with Crippen LogP contribution in [-0.2, 0) is 52.9 Å². The van der Waals surface area contributed by atoms with E-state index in [1.165, 1.54) is 218 Å². The predicted molar refractivity (Wildman–Crippen MR) is 518 cm³/mol. The third-order valence-corrected chi connectivity index (χ3v) is 23.4. The third-order valence-electron chi connectivity index (χ3n) is 23.4. The maximum absolute atomic E-state index is 13.0. The van der Waals surface area contributed by atoms with Gasteiger partial charge in [0.2, 0.25) is 11.5 Å². The van der Waals surface area contributed by atoms with Crippen molar-refractivity contribution in [2.75, 3.05) is 26.4 Å². The van der Waals surface area contributed by atoms with Gasteiger partial charge in [0.25, 0.3) is 5.69 Å². The molecule has 0 aliphatic rings. The number of ether oxygens (including phenoxy) is 12. The van der Waals surface area contributed by atoms with E-state index in [2.05, 4.69) is 90.1 Å². The Balaban J connectivity index is 0.935. The topological polar surface area (TPSA) is 154 Å². The lowest BCUT2D eigenvalue weighted by molar-refractivity contribution is -0.385. The first-order valence-electron chi connectivity index (χ1n) is 49.1. The van der Waals surface area contributed by atoms with Gasteiger partial charge in [-0.05, 0) is 157 Å². The lowest BCUT2D eigenvalue weighted by Gasteiger charge is -2.20. The molecular weight excluding hydrogens is 1580 g/mol. The number of nitro groups is 1. The van der Waals surface area contributed by atoms with Crippen LogP contribution in [0.4, 0.5) is 5.69 Å². The van der Waals surface area contributed by atoms with Crippen molar-refractivity contribution in [2.24, 2.45) is 0 Å². The van der Waals surface area contributed by atoms with E-state index in [9.17, 15) is 10.1 Å². The van der Waals surface area contributed by atoms with E-state index in [-0.39, 0.29) is 70.0 Å². The number of hydrogen-bond donors (Lipinski definition) is 0. The smallest absolute Gasteiger partial charge is 0.276 e. The summed E-state index contributed by atoms with van der Waals surface area (Å²) in [5, 5.41) is 13.0. The lowest BCUT2D eigenvalue weighted by Crippen LogP contribution is -2.07. The Hall–Kier alpha value is -10.0. The zero-order valence-electron chi connectivity index (χ0n) is 78.3. The van der Waals surface area contributed by atoms with Crippen LogP contribution in [0.2, 0.25) is 0 Å². The molecule has 0 aromatic heterocycles. The molecule has 0 bridgehead atoms. The van der Waals surface area contributed by atoms with Crippen molar-refractivity contribution in [3.8, 4) is 69.0 Å². The summed E-state index contributed by atoms with van der Waals surface area (Å²) in [6.07, 6.45) is 50.7. The van der Waals surface area contributed by atoms with Gasteiger partial charge in [0.1, 0.15) is 87.4 Å². The summed E-state index contributed by atoms with van der Waals surface area (Å²) < 4.78 is 79.1. The Morgan fingerprint density at radius 3 is 0.622 bits per heavy atom. The molecule has 0 amide bonds. The number of nitro benzene ring substituents is 1. The summed E-state index contributed by atoms with van der Waals surface area (Å²) in [6, 6.07) is 60.8. The van der Waals surface area contributed by atoms with Crippen LogP contribution in [0.25, 0.3) is 0 Å². The highest BCUT2D eigenvalue weighted by Gasteiger charge is 2.22. The predicted octanol–water partition coefficient (Wildman–Crippen LogP) is 32.0. The molecule has 0 saturated carbocycles. The molecule has 0 atom stereocenters. The monoisotopic (exact) mass is 1740 g/mol. The fourth-order valence-corrected chi connectivity index (χ4v) is 15.5. The molecule has 127 heavy (non-hydrogen) atoms. The van der Waals surface area contributed by atoms with Gasteiger partial charge in [-0.1, -0.05) is 367 Å². The molecule has 690 valence electrons. The van der Waals surface area contributed by atoms with Gasteiger partial charge in [0, 0.05) is 6.07 Å². The molecule has 9 aromatic carbocycles. The molecule has 0 fully saturated rings. The molecule has 0 saturated heterocycles. The minimum Gasteiger partial charge on any atom is -0.494 e. The summed E-state index contributed by atoms with van der Waals surface area (Å²) >= 11 is 0. The van der Waals surface area contributed by atoms with Gasteiger partial charge in [-0.3, -0.25) is 10.1 Å². The molecule has 0 heterocycles. The van der Waals surface area contributed by atoms with Crippen LogP contribution in [0.3, 0.4) is 0 Å². The number of benzene rings is 9. The summed E-state index contributed by atoms with van der Waals surface area (Å²) in [4.78, 5) is 12.5. The van der Waals surface area contributed by atoms with Crippen LogP contribution >= 0.6 is 0 Å². The van der Waals surface area contributed by atoms with E-state index >= 15 is 0 Å². The first-order valence-corrected chi connectivity index (χ1v) is 49.1. The van der Waals surface area contributed by atoms with Gasteiger partial charge in [-0.2, -0.15) is 0 Å². The zero-order chi connectivity index (χ0) is 89.0. The van der Waals surface area contributed by atoms with E-state index < -0.39 is 4.92 Å². The molecular formula is C112H153NO14. The molecule has 0 unspecified atom stereocenters. The Kier molecular flexibility index (Phi) is 49.4. The van der Waals surface area contributed by atoms with Crippen molar-refractivity contribution in [2.45, 2.75) is 351 Å². The van der Waals surface area contributed by atoms with Crippen LogP contribution in [0.1, 0.15) is 340 Å². The molecule has 0 spiro atoms. The molecule has 0 aliphatic heterocycles. The van der Waals surface area contributed by atoms with E-state index in [0.29, 0.717) is 72.1 Å². The summed E-state index contributed by atoms with van der Waals surface area (Å²) in [5.41, 5.74) is 9.02. The SMILES string of the molecule is CCCCCCCCCCCCOc1ccc(COc2cc(COc3cc(OCc4cc(OCc5ccc(C)cc5)c(OCc5ccc(OCCCCCCCCCCCC)cc5)c(OCc5ccc(OCCCCCCCCCCCC)cc5)c4)cc([N+](=O)[O-])c3)cc(OCc3ccc(C)cc3)c2OCc2ccc(OCCCCCCCCCCCC)cc2)cc1. The van der Waals surface area contributed by atoms with Gasteiger partial charge < -0.3 is 56.8 Å².